The summed E-state index contributed by atoms with van der Waals surface area (Å²) in [5, 5.41) is 0. The van der Waals surface area contributed by atoms with Crippen LogP contribution in [-0.4, -0.2) is 19.1 Å². The molecule has 0 radical (unpaired) electrons. The number of methoxy groups -OCH3 is 1. The number of rotatable bonds is 6. The second kappa shape index (κ2) is 7.14. The maximum absolute atomic E-state index is 5.95. The number of nitrogens with zero attached hydrogens (tertiary/aromatic N) is 1. The van der Waals surface area contributed by atoms with Crippen molar-refractivity contribution in [1.29, 1.82) is 0 Å². The number of nitrogens with two attached hydrogens (primary N) is 1. The first-order valence-electron chi connectivity index (χ1n) is 7.31. The van der Waals surface area contributed by atoms with Crippen LogP contribution in [0.3, 0.4) is 0 Å². The zero-order chi connectivity index (χ0) is 15.2. The van der Waals surface area contributed by atoms with E-state index in [1.165, 1.54) is 16.7 Å². The fourth-order valence-corrected chi connectivity index (χ4v) is 2.44. The average Bonchev–Trinajstić information content (AvgIpc) is 2.48. The van der Waals surface area contributed by atoms with Crippen molar-refractivity contribution in [3.05, 3.63) is 59.2 Å². The maximum atomic E-state index is 5.95. The molecular weight excluding hydrogens is 260 g/mol. The number of anilines is 1. The van der Waals surface area contributed by atoms with E-state index in [9.17, 15) is 0 Å². The predicted molar refractivity (Wildman–Crippen MR) is 88.4 cm³/mol. The number of aryl methyl sites for hydroxylation is 1. The molecule has 2 aromatic rings. The number of ether oxygens (including phenoxy) is 1. The highest BCUT2D eigenvalue weighted by atomic mass is 16.5. The van der Waals surface area contributed by atoms with Gasteiger partial charge in [0.15, 0.2) is 0 Å². The van der Waals surface area contributed by atoms with E-state index in [1.807, 2.05) is 12.1 Å². The smallest absolute Gasteiger partial charge is 0.141 e. The first-order chi connectivity index (χ1) is 10.1. The third-order valence-electron chi connectivity index (χ3n) is 3.63. The molecule has 0 heterocycles. The van der Waals surface area contributed by atoms with E-state index in [1.54, 1.807) is 7.11 Å². The van der Waals surface area contributed by atoms with Crippen LogP contribution in [0.2, 0.25) is 0 Å². The predicted octanol–water partition coefficient (Wildman–Crippen LogP) is 3.47. The van der Waals surface area contributed by atoms with Gasteiger partial charge in [0.1, 0.15) is 5.75 Å². The van der Waals surface area contributed by atoms with Crippen molar-refractivity contribution in [1.82, 2.24) is 4.90 Å². The normalized spacial score (nSPS) is 10.9. The summed E-state index contributed by atoms with van der Waals surface area (Å²) < 4.78 is 5.18. The highest BCUT2D eigenvalue weighted by Crippen LogP contribution is 2.22. The van der Waals surface area contributed by atoms with Gasteiger partial charge in [-0.25, -0.2) is 0 Å². The zero-order valence-corrected chi connectivity index (χ0v) is 13.1. The molecule has 21 heavy (non-hydrogen) atoms. The standard InChI is InChI=1S/C18H24N2O/c1-4-14-5-7-15(8-6-14)12-20(2)13-16-9-10-18(21-3)17(19)11-16/h5-11H,4,12-13,19H2,1-3H3. The summed E-state index contributed by atoms with van der Waals surface area (Å²) in [4.78, 5) is 2.28. The summed E-state index contributed by atoms with van der Waals surface area (Å²) in [7, 11) is 3.76. The minimum absolute atomic E-state index is 0.690. The molecule has 0 aromatic heterocycles. The van der Waals surface area contributed by atoms with E-state index in [-0.39, 0.29) is 0 Å². The molecule has 3 nitrogen and oxygen atoms in total. The van der Waals surface area contributed by atoms with Crippen LogP contribution in [0.25, 0.3) is 0 Å². The van der Waals surface area contributed by atoms with E-state index < -0.39 is 0 Å². The molecule has 0 spiro atoms. The third kappa shape index (κ3) is 4.23. The molecule has 0 bridgehead atoms. The number of nitrogen functional groups attached to an aromatic ring is 1. The summed E-state index contributed by atoms with van der Waals surface area (Å²) in [6, 6.07) is 14.8. The van der Waals surface area contributed by atoms with Gasteiger partial charge < -0.3 is 10.5 Å². The van der Waals surface area contributed by atoms with Crippen molar-refractivity contribution >= 4 is 5.69 Å². The molecule has 0 saturated carbocycles. The quantitative estimate of drug-likeness (QED) is 0.825. The van der Waals surface area contributed by atoms with Crippen molar-refractivity contribution in [2.45, 2.75) is 26.4 Å². The lowest BCUT2D eigenvalue weighted by Gasteiger charge is -2.18. The molecule has 0 fully saturated rings. The maximum Gasteiger partial charge on any atom is 0.141 e. The van der Waals surface area contributed by atoms with Gasteiger partial charge in [0, 0.05) is 13.1 Å². The van der Waals surface area contributed by atoms with Crippen LogP contribution in [-0.2, 0) is 19.5 Å². The van der Waals surface area contributed by atoms with Crippen molar-refractivity contribution in [3.63, 3.8) is 0 Å². The van der Waals surface area contributed by atoms with Gasteiger partial charge in [0.05, 0.1) is 12.8 Å². The van der Waals surface area contributed by atoms with E-state index >= 15 is 0 Å². The Bertz CT molecular complexity index is 578. The molecule has 2 N–H and O–H groups in total. The van der Waals surface area contributed by atoms with Gasteiger partial charge in [-0.2, -0.15) is 0 Å². The fourth-order valence-electron chi connectivity index (χ4n) is 2.44. The first-order valence-corrected chi connectivity index (χ1v) is 7.31. The van der Waals surface area contributed by atoms with E-state index in [0.29, 0.717) is 5.69 Å². The molecule has 2 rings (SSSR count). The second-order valence-corrected chi connectivity index (χ2v) is 5.42. The van der Waals surface area contributed by atoms with Crippen LogP contribution in [0.1, 0.15) is 23.6 Å². The van der Waals surface area contributed by atoms with Crippen LogP contribution in [0.4, 0.5) is 5.69 Å². The Morgan fingerprint density at radius 3 is 2.10 bits per heavy atom. The van der Waals surface area contributed by atoms with Crippen molar-refractivity contribution in [2.75, 3.05) is 19.9 Å². The molecule has 0 aliphatic carbocycles. The summed E-state index contributed by atoms with van der Waals surface area (Å²) in [6.45, 7) is 3.97. The van der Waals surface area contributed by atoms with Crippen LogP contribution < -0.4 is 10.5 Å². The summed E-state index contributed by atoms with van der Waals surface area (Å²) >= 11 is 0. The molecule has 3 heteroatoms. The number of hydrogen-bond donors (Lipinski definition) is 1. The largest absolute Gasteiger partial charge is 0.495 e. The first kappa shape index (κ1) is 15.4. The van der Waals surface area contributed by atoms with Crippen LogP contribution in [0.5, 0.6) is 5.75 Å². The highest BCUT2D eigenvalue weighted by molar-refractivity contribution is 5.54. The molecule has 0 aliphatic heterocycles. The zero-order valence-electron chi connectivity index (χ0n) is 13.1. The van der Waals surface area contributed by atoms with E-state index in [4.69, 9.17) is 10.5 Å². The van der Waals surface area contributed by atoms with Gasteiger partial charge in [-0.3, -0.25) is 4.90 Å². The van der Waals surface area contributed by atoms with Crippen LogP contribution in [0, 0.1) is 0 Å². The molecule has 0 amide bonds. The molecule has 0 saturated heterocycles. The molecule has 0 atom stereocenters. The van der Waals surface area contributed by atoms with Gasteiger partial charge in [0.25, 0.3) is 0 Å². The van der Waals surface area contributed by atoms with Gasteiger partial charge in [-0.15, -0.1) is 0 Å². The van der Waals surface area contributed by atoms with Gasteiger partial charge in [0.2, 0.25) is 0 Å². The minimum Gasteiger partial charge on any atom is -0.495 e. The summed E-state index contributed by atoms with van der Waals surface area (Å²) in [5.74, 6) is 0.733. The third-order valence-corrected chi connectivity index (χ3v) is 3.63. The Kier molecular flexibility index (Phi) is 5.23. The highest BCUT2D eigenvalue weighted by Gasteiger charge is 2.05. The van der Waals surface area contributed by atoms with Gasteiger partial charge in [-0.05, 0) is 42.3 Å². The Hall–Kier alpha value is -2.00. The number of benzene rings is 2. The molecular formula is C18H24N2O. The van der Waals surface area contributed by atoms with E-state index in [0.717, 1.165) is 25.3 Å². The lowest BCUT2D eigenvalue weighted by atomic mass is 10.1. The van der Waals surface area contributed by atoms with Gasteiger partial charge in [-0.1, -0.05) is 37.3 Å². The molecule has 2 aromatic carbocycles. The van der Waals surface area contributed by atoms with Crippen LogP contribution in [0.15, 0.2) is 42.5 Å². The summed E-state index contributed by atoms with van der Waals surface area (Å²) in [5.41, 5.74) is 10.5. The van der Waals surface area contributed by atoms with E-state index in [2.05, 4.69) is 49.2 Å². The Balaban J connectivity index is 1.97. The number of hydrogen-bond acceptors (Lipinski definition) is 3. The topological polar surface area (TPSA) is 38.5 Å². The Morgan fingerprint density at radius 1 is 0.952 bits per heavy atom. The second-order valence-electron chi connectivity index (χ2n) is 5.42. The Morgan fingerprint density at radius 2 is 1.52 bits per heavy atom. The van der Waals surface area contributed by atoms with Crippen molar-refractivity contribution in [2.24, 2.45) is 0 Å². The Labute approximate surface area is 127 Å². The van der Waals surface area contributed by atoms with Crippen LogP contribution >= 0.6 is 0 Å². The van der Waals surface area contributed by atoms with Crippen molar-refractivity contribution < 1.29 is 4.74 Å². The van der Waals surface area contributed by atoms with Gasteiger partial charge >= 0.3 is 0 Å². The minimum atomic E-state index is 0.690. The molecule has 112 valence electrons. The average molecular weight is 284 g/mol. The molecule has 0 aliphatic rings. The SMILES string of the molecule is CCc1ccc(CN(C)Cc2ccc(OC)c(N)c2)cc1. The lowest BCUT2D eigenvalue weighted by molar-refractivity contribution is 0.319. The summed E-state index contributed by atoms with van der Waals surface area (Å²) in [6.07, 6.45) is 1.08. The van der Waals surface area contributed by atoms with Crippen molar-refractivity contribution in [3.8, 4) is 5.75 Å². The lowest BCUT2D eigenvalue weighted by Crippen LogP contribution is -2.17. The molecule has 0 unspecified atom stereocenters. The monoisotopic (exact) mass is 284 g/mol. The fraction of sp³-hybridized carbons (Fsp3) is 0.333.